The number of carboxylic acids is 1. The van der Waals surface area contributed by atoms with Crippen molar-refractivity contribution in [3.63, 3.8) is 0 Å². The van der Waals surface area contributed by atoms with E-state index < -0.39 is 23.8 Å². The summed E-state index contributed by atoms with van der Waals surface area (Å²) < 4.78 is 0. The average molecular weight is 450 g/mol. The number of para-hydroxylation sites is 1. The highest BCUT2D eigenvalue weighted by molar-refractivity contribution is 6.10. The monoisotopic (exact) mass is 450 g/mol. The minimum Gasteiger partial charge on any atom is -0.480 e. The van der Waals surface area contributed by atoms with Crippen LogP contribution in [0.1, 0.15) is 49.2 Å². The molecule has 0 unspecified atom stereocenters. The fourth-order valence-electron chi connectivity index (χ4n) is 3.70. The quantitative estimate of drug-likeness (QED) is 0.595. The average Bonchev–Trinajstić information content (AvgIpc) is 3.23. The molecule has 0 saturated carbocycles. The standard InChI is InChI=1S/C24H26N4O5/c1-15(14-21(30)28-13-7-11-20(28)29)22(24(32)33)26-16(2)17-8-3-4-9-18(17)27-23(31)19-10-5-6-12-25-19/h3-6,8-10,12,15,22H,7,11,13-14H2,1-2H3,(H,27,31)(H,32,33)/t15-,22-/m0/s1. The van der Waals surface area contributed by atoms with E-state index >= 15 is 0 Å². The highest BCUT2D eigenvalue weighted by Crippen LogP contribution is 2.21. The Morgan fingerprint density at radius 2 is 1.91 bits per heavy atom. The molecule has 3 amide bonds. The van der Waals surface area contributed by atoms with Crippen LogP contribution in [0.25, 0.3) is 0 Å². The van der Waals surface area contributed by atoms with Crippen molar-refractivity contribution < 1.29 is 24.3 Å². The Bertz CT molecular complexity index is 1080. The molecular weight excluding hydrogens is 424 g/mol. The van der Waals surface area contributed by atoms with Gasteiger partial charge >= 0.3 is 5.97 Å². The summed E-state index contributed by atoms with van der Waals surface area (Å²) in [6.07, 6.45) is 2.38. The molecule has 1 aromatic carbocycles. The van der Waals surface area contributed by atoms with Crippen LogP contribution >= 0.6 is 0 Å². The molecule has 1 aromatic heterocycles. The molecule has 1 saturated heterocycles. The minimum atomic E-state index is -1.19. The first kappa shape index (κ1) is 23.8. The molecule has 9 heteroatoms. The second kappa shape index (κ2) is 10.6. The molecule has 9 nitrogen and oxygen atoms in total. The Morgan fingerprint density at radius 3 is 2.55 bits per heavy atom. The summed E-state index contributed by atoms with van der Waals surface area (Å²) >= 11 is 0. The van der Waals surface area contributed by atoms with Crippen molar-refractivity contribution in [3.05, 3.63) is 59.9 Å². The highest BCUT2D eigenvalue weighted by Gasteiger charge is 2.32. The van der Waals surface area contributed by atoms with Crippen molar-refractivity contribution in [2.24, 2.45) is 10.9 Å². The van der Waals surface area contributed by atoms with E-state index in [1.807, 2.05) is 0 Å². The van der Waals surface area contributed by atoms with Crippen LogP contribution in [0.2, 0.25) is 0 Å². The zero-order valence-electron chi connectivity index (χ0n) is 18.5. The molecule has 2 N–H and O–H groups in total. The number of aliphatic carboxylic acids is 1. The Hall–Kier alpha value is -3.88. The van der Waals surface area contributed by atoms with Gasteiger partial charge in [-0.15, -0.1) is 0 Å². The number of imide groups is 1. The number of nitrogens with one attached hydrogen (secondary N) is 1. The molecule has 0 radical (unpaired) electrons. The highest BCUT2D eigenvalue weighted by atomic mass is 16.4. The van der Waals surface area contributed by atoms with E-state index in [1.165, 1.54) is 11.1 Å². The first-order valence-electron chi connectivity index (χ1n) is 10.7. The third-order valence-electron chi connectivity index (χ3n) is 5.46. The van der Waals surface area contributed by atoms with Crippen molar-refractivity contribution in [3.8, 4) is 0 Å². The van der Waals surface area contributed by atoms with Gasteiger partial charge < -0.3 is 10.4 Å². The van der Waals surface area contributed by atoms with Crippen LogP contribution < -0.4 is 5.32 Å². The van der Waals surface area contributed by atoms with Crippen LogP contribution in [0.3, 0.4) is 0 Å². The largest absolute Gasteiger partial charge is 0.480 e. The minimum absolute atomic E-state index is 0.0997. The van der Waals surface area contributed by atoms with Gasteiger partial charge in [0.1, 0.15) is 5.69 Å². The Morgan fingerprint density at radius 1 is 1.18 bits per heavy atom. The van der Waals surface area contributed by atoms with Crippen molar-refractivity contribution in [1.82, 2.24) is 9.88 Å². The molecule has 2 aromatic rings. The maximum Gasteiger partial charge on any atom is 0.328 e. The first-order chi connectivity index (χ1) is 15.8. The lowest BCUT2D eigenvalue weighted by Crippen LogP contribution is -2.36. The van der Waals surface area contributed by atoms with Crippen molar-refractivity contribution in [1.29, 1.82) is 0 Å². The van der Waals surface area contributed by atoms with Crippen LogP contribution in [0, 0.1) is 5.92 Å². The molecule has 0 bridgehead atoms. The molecule has 1 aliphatic heterocycles. The van der Waals surface area contributed by atoms with Gasteiger partial charge in [-0.1, -0.05) is 31.2 Å². The Kier molecular flexibility index (Phi) is 7.66. The number of rotatable bonds is 8. The van der Waals surface area contributed by atoms with E-state index in [4.69, 9.17) is 0 Å². The van der Waals surface area contributed by atoms with E-state index in [9.17, 15) is 24.3 Å². The molecule has 1 aliphatic rings. The smallest absolute Gasteiger partial charge is 0.328 e. The number of carbonyl (C=O) groups is 4. The van der Waals surface area contributed by atoms with Crippen molar-refractivity contribution in [2.75, 3.05) is 11.9 Å². The summed E-state index contributed by atoms with van der Waals surface area (Å²) in [4.78, 5) is 58.4. The summed E-state index contributed by atoms with van der Waals surface area (Å²) in [7, 11) is 0. The molecule has 172 valence electrons. The number of aromatic nitrogens is 1. The zero-order valence-corrected chi connectivity index (χ0v) is 18.5. The SMILES string of the molecule is CC(=N[C@H](C(=O)O)[C@@H](C)CC(=O)N1CCCC1=O)c1ccccc1NC(=O)c1ccccn1. The van der Waals surface area contributed by atoms with Crippen LogP contribution in [-0.2, 0) is 14.4 Å². The summed E-state index contributed by atoms with van der Waals surface area (Å²) in [6.45, 7) is 3.65. The van der Waals surface area contributed by atoms with E-state index in [2.05, 4.69) is 15.3 Å². The zero-order chi connectivity index (χ0) is 24.0. The van der Waals surface area contributed by atoms with Crippen LogP contribution in [0.15, 0.2) is 53.7 Å². The van der Waals surface area contributed by atoms with Gasteiger partial charge in [-0.3, -0.25) is 29.3 Å². The molecule has 2 atom stereocenters. The number of carbonyl (C=O) groups excluding carboxylic acids is 3. The molecule has 1 fully saturated rings. The lowest BCUT2D eigenvalue weighted by atomic mass is 9.97. The first-order valence-corrected chi connectivity index (χ1v) is 10.7. The summed E-state index contributed by atoms with van der Waals surface area (Å²) in [5.74, 6) is -2.81. The number of aliphatic imine (C=N–C) groups is 1. The van der Waals surface area contributed by atoms with Gasteiger partial charge in [0.2, 0.25) is 11.8 Å². The molecule has 0 spiro atoms. The van der Waals surface area contributed by atoms with Gasteiger partial charge in [-0.05, 0) is 37.5 Å². The Balaban J connectivity index is 1.79. The molecule has 0 aliphatic carbocycles. The van der Waals surface area contributed by atoms with E-state index in [-0.39, 0.29) is 23.9 Å². The Labute approximate surface area is 191 Å². The molecule has 33 heavy (non-hydrogen) atoms. The number of pyridine rings is 1. The van der Waals surface area contributed by atoms with E-state index in [1.54, 1.807) is 56.3 Å². The number of hydrogen-bond acceptors (Lipinski definition) is 6. The predicted octanol–water partition coefficient (Wildman–Crippen LogP) is 2.77. The number of carboxylic acid groups (broad SMARTS) is 1. The molecule has 2 heterocycles. The van der Waals surface area contributed by atoms with Crippen molar-refractivity contribution >= 4 is 35.1 Å². The lowest BCUT2D eigenvalue weighted by molar-refractivity contribution is -0.143. The van der Waals surface area contributed by atoms with Gasteiger partial charge in [-0.25, -0.2) is 4.79 Å². The second-order valence-corrected chi connectivity index (χ2v) is 7.94. The van der Waals surface area contributed by atoms with E-state index in [0.717, 1.165) is 0 Å². The fourth-order valence-corrected chi connectivity index (χ4v) is 3.70. The fraction of sp³-hybridized carbons (Fsp3) is 0.333. The number of likely N-dealkylation sites (tertiary alicyclic amines) is 1. The number of nitrogens with zero attached hydrogens (tertiary/aromatic N) is 3. The third-order valence-corrected chi connectivity index (χ3v) is 5.46. The summed E-state index contributed by atoms with van der Waals surface area (Å²) in [5, 5.41) is 12.5. The molecular formula is C24H26N4O5. The van der Waals surface area contributed by atoms with E-state index in [0.29, 0.717) is 36.3 Å². The number of benzene rings is 1. The maximum absolute atomic E-state index is 12.5. The van der Waals surface area contributed by atoms with Crippen LogP contribution in [0.4, 0.5) is 5.69 Å². The van der Waals surface area contributed by atoms with Crippen molar-refractivity contribution in [2.45, 2.75) is 39.2 Å². The number of amides is 3. The van der Waals surface area contributed by atoms with Gasteiger partial charge in [0.15, 0.2) is 6.04 Å². The predicted molar refractivity (Wildman–Crippen MR) is 122 cm³/mol. The summed E-state index contributed by atoms with van der Waals surface area (Å²) in [6, 6.07) is 10.7. The number of anilines is 1. The van der Waals surface area contributed by atoms with Gasteiger partial charge in [0.25, 0.3) is 5.91 Å². The van der Waals surface area contributed by atoms with Crippen LogP contribution in [0.5, 0.6) is 0 Å². The second-order valence-electron chi connectivity index (χ2n) is 7.94. The normalized spacial score (nSPS) is 15.8. The van der Waals surface area contributed by atoms with Gasteiger partial charge in [0.05, 0.1) is 5.69 Å². The molecule has 3 rings (SSSR count). The van der Waals surface area contributed by atoms with Gasteiger partial charge in [0, 0.05) is 36.9 Å². The van der Waals surface area contributed by atoms with Crippen LogP contribution in [-0.4, -0.2) is 57.0 Å². The topological polar surface area (TPSA) is 129 Å². The third kappa shape index (κ3) is 5.88. The van der Waals surface area contributed by atoms with Gasteiger partial charge in [-0.2, -0.15) is 0 Å². The number of hydrogen-bond donors (Lipinski definition) is 2. The lowest BCUT2D eigenvalue weighted by Gasteiger charge is -2.20. The maximum atomic E-state index is 12.5. The summed E-state index contributed by atoms with van der Waals surface area (Å²) in [5.41, 5.74) is 1.66.